The molecule has 8 nitrogen and oxygen atoms in total. The van der Waals surface area contributed by atoms with Crippen LogP contribution in [0.5, 0.6) is 0 Å². The topological polar surface area (TPSA) is 84.5 Å². The number of hydrogen-bond acceptors (Lipinski definition) is 8. The molecule has 8 heteroatoms. The Morgan fingerprint density at radius 2 is 1.09 bits per heavy atom. The zero-order valence-corrected chi connectivity index (χ0v) is 31.4. The fourth-order valence-electron chi connectivity index (χ4n) is 7.12. The van der Waals surface area contributed by atoms with Gasteiger partial charge in [-0.3, -0.25) is 10.1 Å². The smallest absolute Gasteiger partial charge is 0.326 e. The van der Waals surface area contributed by atoms with Gasteiger partial charge in [0.25, 0.3) is 0 Å². The second kappa shape index (κ2) is 20.7. The minimum Gasteiger partial charge on any atom is -0.468 e. The summed E-state index contributed by atoms with van der Waals surface area (Å²) in [7, 11) is 1.39. The maximum Gasteiger partial charge on any atom is 0.326 e. The van der Waals surface area contributed by atoms with Gasteiger partial charge in [-0.1, -0.05) is 158 Å². The van der Waals surface area contributed by atoms with Crippen molar-refractivity contribution in [3.63, 3.8) is 0 Å². The quantitative estimate of drug-likeness (QED) is 0.0635. The average Bonchev–Trinajstić information content (AvgIpc) is 3.24. The van der Waals surface area contributed by atoms with Gasteiger partial charge in [0.15, 0.2) is 0 Å². The Hall–Kier alpha value is -4.93. The van der Waals surface area contributed by atoms with E-state index < -0.39 is 42.0 Å². The predicted molar refractivity (Wildman–Crippen MR) is 213 cm³/mol. The third kappa shape index (κ3) is 10.9. The summed E-state index contributed by atoms with van der Waals surface area (Å²) in [4.78, 5) is 14.2. The van der Waals surface area contributed by atoms with Crippen molar-refractivity contribution >= 4 is 5.97 Å². The molecule has 0 aromatic heterocycles. The summed E-state index contributed by atoms with van der Waals surface area (Å²) in [5, 5.41) is 3.52. The van der Waals surface area contributed by atoms with Crippen molar-refractivity contribution < 1.29 is 33.2 Å². The summed E-state index contributed by atoms with van der Waals surface area (Å²) in [5.74, 6) is -0.500. The molecule has 1 fully saturated rings. The first-order valence-corrected chi connectivity index (χ1v) is 18.8. The molecule has 0 spiro atoms. The van der Waals surface area contributed by atoms with Gasteiger partial charge < -0.3 is 28.4 Å². The van der Waals surface area contributed by atoms with E-state index in [2.05, 4.69) is 11.9 Å². The highest BCUT2D eigenvalue weighted by atomic mass is 16.6. The first kappa shape index (κ1) is 39.8. The standard InChI is InChI=1S/C47H51NO7/c1-3-29-47(44(46(49)50-2)48-30-36-19-9-4-10-20-36)45(54-34-40-27-17-8-18-28-40)43(53-33-39-25-15-7-16-26-39)42(52-32-38-23-13-6-14-24-38)41(55-47)35-51-31-37-21-11-5-12-22-37/h3-28,41-45,48H,1,29-35H2,2H3/t41?,42-,43-,44?,45?,47-/m0/s1. The Bertz CT molecular complexity index is 1850. The third-order valence-corrected chi connectivity index (χ3v) is 9.82. The SMILES string of the molecule is C=CC[C@@]1(C(NCc2ccccc2)C(=O)OC)OC(COCc2ccccc2)[C@H](OCc2ccccc2)[C@H](OCc2ccccc2)C1OCc1ccccc1. The minimum atomic E-state index is -1.38. The number of methoxy groups -OCH3 is 1. The van der Waals surface area contributed by atoms with Gasteiger partial charge in [-0.25, -0.2) is 0 Å². The maximum atomic E-state index is 14.2. The maximum absolute atomic E-state index is 14.2. The van der Waals surface area contributed by atoms with Gasteiger partial charge in [0, 0.05) is 6.54 Å². The molecule has 286 valence electrons. The Morgan fingerprint density at radius 3 is 1.56 bits per heavy atom. The first-order chi connectivity index (χ1) is 27.1. The van der Waals surface area contributed by atoms with Crippen molar-refractivity contribution in [3.8, 4) is 0 Å². The highest BCUT2D eigenvalue weighted by Crippen LogP contribution is 2.42. The molecule has 6 atom stereocenters. The number of rotatable bonds is 20. The Labute approximate surface area is 325 Å². The van der Waals surface area contributed by atoms with Gasteiger partial charge in [0.1, 0.15) is 36.1 Å². The molecule has 55 heavy (non-hydrogen) atoms. The minimum absolute atomic E-state index is 0.149. The summed E-state index contributed by atoms with van der Waals surface area (Å²) in [6.45, 7) is 5.82. The van der Waals surface area contributed by atoms with Crippen LogP contribution in [0.15, 0.2) is 164 Å². The molecule has 5 aromatic carbocycles. The van der Waals surface area contributed by atoms with Crippen LogP contribution in [0.2, 0.25) is 0 Å². The van der Waals surface area contributed by atoms with E-state index in [0.717, 1.165) is 27.8 Å². The molecule has 0 bridgehead atoms. The second-order valence-electron chi connectivity index (χ2n) is 13.7. The van der Waals surface area contributed by atoms with Crippen LogP contribution in [-0.4, -0.2) is 55.7 Å². The van der Waals surface area contributed by atoms with Crippen molar-refractivity contribution in [2.24, 2.45) is 0 Å². The largest absolute Gasteiger partial charge is 0.468 e. The van der Waals surface area contributed by atoms with Gasteiger partial charge in [0.05, 0.1) is 40.1 Å². The van der Waals surface area contributed by atoms with Gasteiger partial charge >= 0.3 is 5.97 Å². The van der Waals surface area contributed by atoms with Crippen LogP contribution in [0, 0.1) is 0 Å². The lowest BCUT2D eigenvalue weighted by molar-refractivity contribution is -0.313. The molecule has 0 saturated carbocycles. The van der Waals surface area contributed by atoms with Crippen molar-refractivity contribution in [2.75, 3.05) is 13.7 Å². The van der Waals surface area contributed by atoms with E-state index in [1.807, 2.05) is 152 Å². The molecule has 3 unspecified atom stereocenters. The number of ether oxygens (including phenoxy) is 6. The van der Waals surface area contributed by atoms with Crippen LogP contribution in [0.25, 0.3) is 0 Å². The normalized spacial score (nSPS) is 21.4. The van der Waals surface area contributed by atoms with Crippen molar-refractivity contribution in [2.45, 2.75) is 75.5 Å². The molecule has 1 heterocycles. The van der Waals surface area contributed by atoms with Gasteiger partial charge in [-0.15, -0.1) is 6.58 Å². The van der Waals surface area contributed by atoms with Gasteiger partial charge in [-0.05, 0) is 34.2 Å². The lowest BCUT2D eigenvalue weighted by Crippen LogP contribution is -2.74. The van der Waals surface area contributed by atoms with Crippen molar-refractivity contribution in [1.82, 2.24) is 5.32 Å². The fraction of sp³-hybridized carbons (Fsp3) is 0.298. The molecule has 1 aliphatic heterocycles. The summed E-state index contributed by atoms with van der Waals surface area (Å²) in [5.41, 5.74) is 3.57. The van der Waals surface area contributed by atoms with Crippen LogP contribution in [0.4, 0.5) is 0 Å². The highest BCUT2D eigenvalue weighted by molar-refractivity contribution is 5.77. The number of nitrogens with one attached hydrogen (secondary N) is 1. The van der Waals surface area contributed by atoms with Crippen LogP contribution in [0.1, 0.15) is 34.2 Å². The van der Waals surface area contributed by atoms with Gasteiger partial charge in [-0.2, -0.15) is 0 Å². The van der Waals surface area contributed by atoms with E-state index in [-0.39, 0.29) is 26.2 Å². The van der Waals surface area contributed by atoms with Crippen LogP contribution >= 0.6 is 0 Å². The molecule has 1 aliphatic rings. The van der Waals surface area contributed by atoms with E-state index in [9.17, 15) is 4.79 Å². The lowest BCUT2D eigenvalue weighted by Gasteiger charge is -2.55. The molecule has 0 radical (unpaired) electrons. The fourth-order valence-corrected chi connectivity index (χ4v) is 7.12. The molecule has 5 aromatic rings. The molecule has 0 aliphatic carbocycles. The van der Waals surface area contributed by atoms with Crippen LogP contribution < -0.4 is 5.32 Å². The predicted octanol–water partition coefficient (Wildman–Crippen LogP) is 8.00. The van der Waals surface area contributed by atoms with E-state index in [1.165, 1.54) is 7.11 Å². The monoisotopic (exact) mass is 741 g/mol. The van der Waals surface area contributed by atoms with Crippen LogP contribution in [-0.2, 0) is 66.2 Å². The lowest BCUT2D eigenvalue weighted by atomic mass is 9.76. The van der Waals surface area contributed by atoms with Crippen molar-refractivity contribution in [1.29, 1.82) is 0 Å². The second-order valence-corrected chi connectivity index (χ2v) is 13.7. The van der Waals surface area contributed by atoms with E-state index in [0.29, 0.717) is 19.8 Å². The van der Waals surface area contributed by atoms with E-state index in [1.54, 1.807) is 6.08 Å². The number of benzene rings is 5. The number of esters is 1. The average molecular weight is 742 g/mol. The Balaban J connectivity index is 1.45. The third-order valence-electron chi connectivity index (χ3n) is 9.82. The molecular weight excluding hydrogens is 691 g/mol. The molecule has 1 N–H and O–H groups in total. The summed E-state index contributed by atoms with van der Waals surface area (Å²) < 4.78 is 40.1. The first-order valence-electron chi connectivity index (χ1n) is 18.8. The van der Waals surface area contributed by atoms with Crippen LogP contribution in [0.3, 0.4) is 0 Å². The highest BCUT2D eigenvalue weighted by Gasteiger charge is 2.61. The molecule has 0 amide bonds. The number of carbonyl (C=O) groups excluding carboxylic acids is 1. The molecule has 6 rings (SSSR count). The summed E-state index contributed by atoms with van der Waals surface area (Å²) in [6, 6.07) is 48.8. The summed E-state index contributed by atoms with van der Waals surface area (Å²) in [6.07, 6.45) is -0.980. The van der Waals surface area contributed by atoms with Crippen molar-refractivity contribution in [3.05, 3.63) is 192 Å². The number of hydrogen-bond donors (Lipinski definition) is 1. The zero-order chi connectivity index (χ0) is 38.1. The molecular formula is C47H51NO7. The number of carbonyl (C=O) groups is 1. The Kier molecular flexibility index (Phi) is 14.9. The van der Waals surface area contributed by atoms with E-state index >= 15 is 0 Å². The van der Waals surface area contributed by atoms with E-state index in [4.69, 9.17) is 28.4 Å². The zero-order valence-electron chi connectivity index (χ0n) is 31.4. The molecule has 1 saturated heterocycles. The van der Waals surface area contributed by atoms with Gasteiger partial charge in [0.2, 0.25) is 0 Å². The summed E-state index contributed by atoms with van der Waals surface area (Å²) >= 11 is 0. The Morgan fingerprint density at radius 1 is 0.655 bits per heavy atom.